The van der Waals surface area contributed by atoms with E-state index in [0.717, 1.165) is 32.8 Å². The molecule has 0 saturated carbocycles. The number of esters is 4. The number of hydrogen-bond donors (Lipinski definition) is 10. The highest BCUT2D eigenvalue weighted by Gasteiger charge is 2.57. The van der Waals surface area contributed by atoms with E-state index in [-0.39, 0.29) is 92.2 Å². The second-order valence-electron chi connectivity index (χ2n) is 39.8. The Balaban J connectivity index is 0.842. The number of amides is 10. The van der Waals surface area contributed by atoms with Gasteiger partial charge in [-0.1, -0.05) is 123 Å². The second-order valence-corrected chi connectivity index (χ2v) is 40.2. The number of anilines is 3. The van der Waals surface area contributed by atoms with E-state index in [1.54, 1.807) is 144 Å². The molecule has 148 heavy (non-hydrogen) atoms. The van der Waals surface area contributed by atoms with Crippen molar-refractivity contribution in [1.82, 2.24) is 61.6 Å². The Morgan fingerprint density at radius 1 is 0.696 bits per heavy atom. The fraction of sp³-hybridized carbons (Fsp3) is 0.581. The predicted molar refractivity (Wildman–Crippen MR) is 547 cm³/mol. The summed E-state index contributed by atoms with van der Waals surface area (Å²) >= 11 is 6.46. The molecule has 3 aliphatic rings. The van der Waals surface area contributed by atoms with Crippen molar-refractivity contribution in [2.24, 2.45) is 29.6 Å². The number of nitrogens with one attached hydrogen (secondary N) is 9. The molecule has 10 amide bonds. The Morgan fingerprint density at radius 2 is 1.35 bits per heavy atom. The number of aromatic amines is 1. The van der Waals surface area contributed by atoms with Crippen molar-refractivity contribution in [3.8, 4) is 28.3 Å². The summed E-state index contributed by atoms with van der Waals surface area (Å²) in [7, 11) is 6.83. The molecule has 43 heteroatoms. The summed E-state index contributed by atoms with van der Waals surface area (Å²) in [5.74, 6) is -11.6. The summed E-state index contributed by atoms with van der Waals surface area (Å²) in [6, 6.07) is 15.7. The normalized spacial score (nSPS) is 18.7. The third kappa shape index (κ3) is 32.6. The Kier molecular flexibility index (Phi) is 44.0. The van der Waals surface area contributed by atoms with Gasteiger partial charge in [0.05, 0.1) is 97.1 Å². The molecular weight excluding hydrogens is 1940 g/mol. The molecule has 41 nitrogen and oxygen atoms in total. The smallest absolute Gasteiger partial charge is 0.410 e. The van der Waals surface area contributed by atoms with Gasteiger partial charge in [-0.2, -0.15) is 0 Å². The SMILES string of the molecule is CC[C@@H](C)[C@H]([C@H](CC(=O)N1CCC[C@@H]1[C@@H](OC)[C@H](C)C(=O)N[C@@H](C)[C@H](O)c1ccccc1)OC)N(C)C(=O)C(NC(=O)[C@@H](C(C)C)N(C)C(=O)OCc1ccc(NC(=O)[C@H](C)NC(=O)[C@@H](NC(=O)CCOCCC(=O)NCCNc2ncc(-c3cc(C)cc(F)c3)c(N3CCC(NC(=O)OC(C)(C)C)CC3)c2-c2nc3ccc(Cl)cc3[nH]2)C(C)C)c(O[C@@H]2O[C@H](C(=O)OC)[C@@H](OC(C)=O)[C@H](OC(C)=O)[C@H]2OC(C)=O)c1)C(C)C. The topological polar surface area (TPSA) is 512 Å². The van der Waals surface area contributed by atoms with Gasteiger partial charge in [0.2, 0.25) is 59.7 Å². The van der Waals surface area contributed by atoms with E-state index in [1.807, 2.05) is 26.0 Å². The van der Waals surface area contributed by atoms with Crippen LogP contribution in [0.25, 0.3) is 33.5 Å². The van der Waals surface area contributed by atoms with Crippen LogP contribution in [0.5, 0.6) is 5.75 Å². The average molecular weight is 2090 g/mol. The fourth-order valence-corrected chi connectivity index (χ4v) is 18.7. The second kappa shape index (κ2) is 54.9. The minimum absolute atomic E-state index is 0.0982. The molecule has 4 aromatic carbocycles. The molecular formula is C105H147ClFN15O26. The highest BCUT2D eigenvalue weighted by atomic mass is 35.5. The number of hydrogen-bond acceptors (Lipinski definition) is 30. The van der Waals surface area contributed by atoms with Crippen molar-refractivity contribution in [2.75, 3.05) is 96.9 Å². The van der Waals surface area contributed by atoms with Gasteiger partial charge in [-0.05, 0) is 156 Å². The first-order valence-electron chi connectivity index (χ1n) is 50.1. The van der Waals surface area contributed by atoms with Crippen molar-refractivity contribution >= 4 is 123 Å². The van der Waals surface area contributed by atoms with E-state index < -0.39 is 199 Å². The Labute approximate surface area is 868 Å². The first-order valence-corrected chi connectivity index (χ1v) is 50.4. The number of pyridine rings is 1. The molecule has 3 saturated heterocycles. The van der Waals surface area contributed by atoms with Crippen LogP contribution in [0, 0.1) is 42.3 Å². The van der Waals surface area contributed by atoms with E-state index in [4.69, 9.17) is 73.7 Å². The molecule has 17 atom stereocenters. The quantitative estimate of drug-likeness (QED) is 0.00963. The van der Waals surface area contributed by atoms with Crippen LogP contribution in [0.3, 0.4) is 0 Å². The van der Waals surface area contributed by atoms with Gasteiger partial charge in [-0.15, -0.1) is 0 Å². The number of imidazole rings is 1. The number of piperidine rings is 1. The average Bonchev–Trinajstić information content (AvgIpc) is 1.43. The van der Waals surface area contributed by atoms with Gasteiger partial charge in [0, 0.05) is 117 Å². The van der Waals surface area contributed by atoms with Crippen LogP contribution in [0.4, 0.5) is 31.2 Å². The van der Waals surface area contributed by atoms with Crippen molar-refractivity contribution in [3.05, 3.63) is 119 Å². The number of H-pyrrole nitrogens is 1. The maximum atomic E-state index is 15.3. The fourth-order valence-electron chi connectivity index (χ4n) is 18.5. The number of benzene rings is 4. The zero-order valence-corrected chi connectivity index (χ0v) is 89.4. The maximum absolute atomic E-state index is 15.3. The molecule has 0 spiro atoms. The van der Waals surface area contributed by atoms with Crippen LogP contribution in [0.2, 0.25) is 5.02 Å². The number of carbonyl (C=O) groups excluding carboxylic acids is 14. The van der Waals surface area contributed by atoms with Gasteiger partial charge in [0.25, 0.3) is 0 Å². The van der Waals surface area contributed by atoms with Gasteiger partial charge in [0.1, 0.15) is 59.6 Å². The van der Waals surface area contributed by atoms with Crippen molar-refractivity contribution in [3.63, 3.8) is 0 Å². The minimum atomic E-state index is -2.02. The third-order valence-corrected chi connectivity index (χ3v) is 26.4. The van der Waals surface area contributed by atoms with Crippen LogP contribution < -0.4 is 52.2 Å². The highest BCUT2D eigenvalue weighted by molar-refractivity contribution is 6.31. The lowest BCUT2D eigenvalue weighted by atomic mass is 9.89. The number of carbonyl (C=O) groups is 14. The zero-order chi connectivity index (χ0) is 109. The summed E-state index contributed by atoms with van der Waals surface area (Å²) in [6.07, 6.45) is -9.76. The summed E-state index contributed by atoms with van der Waals surface area (Å²) in [5.41, 5.74) is 4.23. The first kappa shape index (κ1) is 119. The lowest BCUT2D eigenvalue weighted by Crippen LogP contribution is -2.64. The molecule has 9 rings (SSSR count). The summed E-state index contributed by atoms with van der Waals surface area (Å²) in [5, 5.41) is 34.6. The summed E-state index contributed by atoms with van der Waals surface area (Å²) in [4.78, 5) is 214. The number of fused-ring (bicyclic) bond motifs is 1. The Hall–Kier alpha value is -12.9. The number of ether oxygens (including phenoxy) is 11. The number of halogens is 2. The summed E-state index contributed by atoms with van der Waals surface area (Å²) < 4.78 is 78.9. The number of rotatable bonds is 48. The number of aryl methyl sites for hydroxylation is 1. The Morgan fingerprint density at radius 3 is 1.97 bits per heavy atom. The molecule has 3 fully saturated rings. The number of methoxy groups -OCH3 is 3. The first-order chi connectivity index (χ1) is 70.0. The van der Waals surface area contributed by atoms with Crippen molar-refractivity contribution in [1.29, 1.82) is 0 Å². The van der Waals surface area contributed by atoms with Gasteiger partial charge in [0.15, 0.2) is 18.3 Å². The molecule has 0 bridgehead atoms. The minimum Gasteiger partial charge on any atom is -0.467 e. The van der Waals surface area contributed by atoms with Gasteiger partial charge in [-0.3, -0.25) is 57.6 Å². The molecule has 6 aromatic rings. The molecule has 2 aromatic heterocycles. The maximum Gasteiger partial charge on any atom is 0.410 e. The van der Waals surface area contributed by atoms with Crippen molar-refractivity contribution in [2.45, 2.75) is 286 Å². The van der Waals surface area contributed by atoms with E-state index in [2.05, 4.69) is 52.4 Å². The van der Waals surface area contributed by atoms with Gasteiger partial charge < -0.3 is 119 Å². The van der Waals surface area contributed by atoms with Crippen LogP contribution in [-0.4, -0.2) is 296 Å². The number of likely N-dealkylation sites (N-methyl/N-ethyl adjacent to an activating group) is 2. The number of aromatic nitrogens is 3. The van der Waals surface area contributed by atoms with Crippen molar-refractivity contribution < 1.29 is 129 Å². The zero-order valence-electron chi connectivity index (χ0n) is 88.7. The molecule has 10 N–H and O–H groups in total. The molecule has 0 aliphatic carbocycles. The van der Waals surface area contributed by atoms with Crippen LogP contribution >= 0.6 is 11.6 Å². The number of likely N-dealkylation sites (tertiary alicyclic amines) is 1. The standard InChI is InChI=1S/C105H147ClFN15O26/c1-24-59(9)86(78(138-21)52-81(128)122-42-28-31-76(122)89(139-22)60(10)96(130)111-61(11)88(129)67-29-26-25-27-30-67)119(19)100(134)84(56(4)5)118-99(133)85(57(6)7)120(20)104(137)142-54-66-32-34-74(77(49-66)146-102-93(145-65(15)125)91(144-64(14)124)90(143-63(13)123)92(147-102)101(135)140-23)116-97(131)62(12)112-98(132)83(55(2)3)117-80(127)39-46-141-45-38-79(126)108-40-41-109-94-82(95-114-73-35-33-69(106)51-75(73)115-95)87(72(53-110-94)68-47-58(8)48-70(107)50-68)121-43-36-71(37-44-121)113-103(136)148-105(16,17)18/h25-27,29-30,32-35,47-51,53,55-57,59-62,71,76,78,83-86,88-93,102,129H,24,28,31,36-46,52,54H2,1-23H3,(H,108,126)(H,109,110)(H,111,130)(H,112,132)(H,113,136)(H,114,115)(H,116,131)(H,117,127)(H,118,133)/t59-,60+,61+,62+,76-,78+,83+,84?,85-,86-,88+,89+,90+,91+,92+,93-,102-/m1/s1. The van der Waals surface area contributed by atoms with Crippen LogP contribution in [-0.2, 0) is 112 Å². The van der Waals surface area contributed by atoms with Crippen LogP contribution in [0.1, 0.15) is 192 Å². The van der Waals surface area contributed by atoms with E-state index in [9.17, 15) is 67.4 Å². The van der Waals surface area contributed by atoms with E-state index >= 15 is 9.18 Å². The summed E-state index contributed by atoms with van der Waals surface area (Å²) in [6.45, 7) is 29.6. The largest absolute Gasteiger partial charge is 0.467 e. The molecule has 812 valence electrons. The van der Waals surface area contributed by atoms with Gasteiger partial charge >= 0.3 is 36.1 Å². The van der Waals surface area contributed by atoms with Gasteiger partial charge in [-0.25, -0.2) is 28.7 Å². The lowest BCUT2D eigenvalue weighted by molar-refractivity contribution is -0.282. The molecule has 3 aliphatic heterocycles. The highest BCUT2D eigenvalue weighted by Crippen LogP contribution is 2.45. The van der Waals surface area contributed by atoms with E-state index in [0.29, 0.717) is 113 Å². The molecule has 5 heterocycles. The monoisotopic (exact) mass is 2090 g/mol. The number of nitrogens with zero attached hydrogens (tertiary/aromatic N) is 6. The number of aliphatic hydroxyl groups excluding tert-OH is 1. The molecule has 1 unspecified atom stereocenters. The number of aliphatic hydroxyl groups is 1. The third-order valence-electron chi connectivity index (χ3n) is 26.1. The Bertz CT molecular complexity index is 5580. The van der Waals surface area contributed by atoms with E-state index in [1.165, 1.54) is 63.4 Å². The lowest BCUT2D eigenvalue weighted by Gasteiger charge is -2.43. The van der Waals surface area contributed by atoms with Crippen LogP contribution in [0.15, 0.2) is 91.1 Å². The molecule has 0 radical (unpaired) electrons. The number of alkyl carbamates (subject to hydrolysis) is 1. The predicted octanol–water partition coefficient (Wildman–Crippen LogP) is 10.5.